The van der Waals surface area contributed by atoms with Crippen LogP contribution in [0.3, 0.4) is 0 Å². The van der Waals surface area contributed by atoms with Gasteiger partial charge in [-0.25, -0.2) is 0 Å². The second-order valence-electron chi connectivity index (χ2n) is 4.88. The maximum atomic E-state index is 11.3. The molecule has 0 aromatic heterocycles. The van der Waals surface area contributed by atoms with Gasteiger partial charge in [-0.1, -0.05) is 63.4 Å². The van der Waals surface area contributed by atoms with Gasteiger partial charge in [-0.3, -0.25) is 0 Å². The first-order chi connectivity index (χ1) is 9.23. The van der Waals surface area contributed by atoms with Gasteiger partial charge in [0.15, 0.2) is 0 Å². The Labute approximate surface area is 117 Å². The fraction of sp³-hybridized carbons (Fsp3) is 0.375. The number of rotatable bonds is 2. The molecule has 1 aromatic rings. The monoisotopic (exact) mass is 292 g/mol. The van der Waals surface area contributed by atoms with Gasteiger partial charge in [-0.15, -0.1) is 0 Å². The van der Waals surface area contributed by atoms with Crippen molar-refractivity contribution in [2.75, 3.05) is 24.6 Å². The smallest absolute Gasteiger partial charge is 0.108 e. The van der Waals surface area contributed by atoms with Crippen molar-refractivity contribution in [1.82, 2.24) is 0 Å². The third kappa shape index (κ3) is 4.44. The predicted molar refractivity (Wildman–Crippen MR) is 88.6 cm³/mol. The van der Waals surface area contributed by atoms with Gasteiger partial charge in [-0.05, 0) is 29.9 Å². The Morgan fingerprint density at radius 3 is 2.26 bits per heavy atom. The van der Waals surface area contributed by atoms with Gasteiger partial charge in [0.2, 0.25) is 0 Å². The molecule has 2 aliphatic heterocycles. The fourth-order valence-corrected chi connectivity index (χ4v) is 5.99. The molecule has 0 fully saturated rings. The molecule has 0 radical (unpaired) electrons. The van der Waals surface area contributed by atoms with Crippen molar-refractivity contribution in [2.24, 2.45) is 0 Å². The Balaban J connectivity index is 0.000000148. The van der Waals surface area contributed by atoms with E-state index in [1.165, 1.54) is 12.3 Å². The summed E-state index contributed by atoms with van der Waals surface area (Å²) < 4.78 is 11.3. The standard InChI is InChI=1S/C10H11P.C6H11OP/c1-2-6-10(7-3-1)11-8-4-5-9-11;1-2-8(7)5-3-4-6-8/h1-7H,8-9H2;3,5H,2,4,6H2,1H3. The van der Waals surface area contributed by atoms with Crippen molar-refractivity contribution in [3.63, 3.8) is 0 Å². The Morgan fingerprint density at radius 1 is 1.11 bits per heavy atom. The maximum absolute atomic E-state index is 11.3. The van der Waals surface area contributed by atoms with Gasteiger partial charge in [0.25, 0.3) is 0 Å². The highest BCUT2D eigenvalue weighted by Crippen LogP contribution is 2.50. The topological polar surface area (TPSA) is 17.1 Å². The van der Waals surface area contributed by atoms with Crippen LogP contribution in [-0.4, -0.2) is 24.6 Å². The molecule has 0 bridgehead atoms. The van der Waals surface area contributed by atoms with E-state index >= 15 is 0 Å². The van der Waals surface area contributed by atoms with Crippen LogP contribution in [0.5, 0.6) is 0 Å². The lowest BCUT2D eigenvalue weighted by Crippen LogP contribution is -2.00. The molecule has 0 aliphatic carbocycles. The first-order valence-electron chi connectivity index (χ1n) is 6.94. The summed E-state index contributed by atoms with van der Waals surface area (Å²) >= 11 is 0. The minimum absolute atomic E-state index is 0.149. The molecular weight excluding hydrogens is 270 g/mol. The Morgan fingerprint density at radius 2 is 1.79 bits per heavy atom. The summed E-state index contributed by atoms with van der Waals surface area (Å²) in [4.78, 5) is 0. The Hall–Kier alpha value is -0.640. The van der Waals surface area contributed by atoms with E-state index < -0.39 is 7.14 Å². The summed E-state index contributed by atoms with van der Waals surface area (Å²) in [5, 5.41) is 1.55. The maximum Gasteiger partial charge on any atom is 0.108 e. The van der Waals surface area contributed by atoms with Gasteiger partial charge >= 0.3 is 0 Å². The van der Waals surface area contributed by atoms with Gasteiger partial charge in [-0.2, -0.15) is 0 Å². The zero-order chi connectivity index (χ0) is 13.6. The summed E-state index contributed by atoms with van der Waals surface area (Å²) in [5.74, 6) is 1.91. The van der Waals surface area contributed by atoms with E-state index in [4.69, 9.17) is 0 Å². The Kier molecular flexibility index (Phi) is 5.61. The summed E-state index contributed by atoms with van der Waals surface area (Å²) in [5.41, 5.74) is 0. The van der Waals surface area contributed by atoms with E-state index in [-0.39, 0.29) is 7.92 Å². The fourth-order valence-electron chi connectivity index (χ4n) is 2.23. The van der Waals surface area contributed by atoms with Crippen LogP contribution in [0, 0.1) is 0 Å². The second-order valence-corrected chi connectivity index (χ2v) is 10.5. The highest BCUT2D eigenvalue weighted by atomic mass is 31.2. The van der Waals surface area contributed by atoms with E-state index in [9.17, 15) is 4.57 Å². The van der Waals surface area contributed by atoms with Crippen LogP contribution in [0.2, 0.25) is 0 Å². The van der Waals surface area contributed by atoms with Crippen LogP contribution in [0.1, 0.15) is 13.3 Å². The SMILES string of the molecule is C1=CCP(c2ccccc2)C1.CCP1(=O)C=CCC1. The molecule has 2 aliphatic rings. The molecule has 0 N–H and O–H groups in total. The predicted octanol–water partition coefficient (Wildman–Crippen LogP) is 4.65. The lowest BCUT2D eigenvalue weighted by Gasteiger charge is -2.08. The highest BCUT2D eigenvalue weighted by molar-refractivity contribution is 7.67. The highest BCUT2D eigenvalue weighted by Gasteiger charge is 2.17. The van der Waals surface area contributed by atoms with Crippen molar-refractivity contribution in [2.45, 2.75) is 13.3 Å². The average Bonchev–Trinajstić information content (AvgIpc) is 3.12. The lowest BCUT2D eigenvalue weighted by atomic mass is 10.4. The lowest BCUT2D eigenvalue weighted by molar-refractivity contribution is 0.582. The zero-order valence-corrected chi connectivity index (χ0v) is 13.3. The summed E-state index contributed by atoms with van der Waals surface area (Å²) in [6, 6.07) is 10.9. The van der Waals surface area contributed by atoms with Gasteiger partial charge in [0.05, 0.1) is 0 Å². The van der Waals surface area contributed by atoms with Crippen molar-refractivity contribution in [3.05, 3.63) is 54.4 Å². The largest absolute Gasteiger partial charge is 0.319 e. The van der Waals surface area contributed by atoms with E-state index in [0.717, 1.165) is 18.7 Å². The van der Waals surface area contributed by atoms with Gasteiger partial charge < -0.3 is 4.57 Å². The van der Waals surface area contributed by atoms with E-state index in [0.29, 0.717) is 0 Å². The van der Waals surface area contributed by atoms with Crippen molar-refractivity contribution >= 4 is 20.4 Å². The minimum Gasteiger partial charge on any atom is -0.319 e. The molecule has 1 aromatic carbocycles. The summed E-state index contributed by atoms with van der Waals surface area (Å²) in [7, 11) is -1.58. The molecule has 3 rings (SSSR count). The molecule has 1 atom stereocenters. The summed E-state index contributed by atoms with van der Waals surface area (Å²) in [6.07, 6.45) is 12.0. The number of allylic oxidation sites excluding steroid dienone is 3. The number of hydrogen-bond acceptors (Lipinski definition) is 1. The molecule has 102 valence electrons. The molecule has 0 saturated heterocycles. The third-order valence-electron chi connectivity index (χ3n) is 3.53. The quantitative estimate of drug-likeness (QED) is 0.573. The molecule has 0 spiro atoms. The van der Waals surface area contributed by atoms with E-state index in [1.54, 1.807) is 5.30 Å². The minimum atomic E-state index is -1.73. The van der Waals surface area contributed by atoms with Crippen molar-refractivity contribution in [3.8, 4) is 0 Å². The normalized spacial score (nSPS) is 25.3. The van der Waals surface area contributed by atoms with E-state index in [1.807, 2.05) is 18.8 Å². The van der Waals surface area contributed by atoms with Gasteiger partial charge in [0.1, 0.15) is 7.14 Å². The number of hydrogen-bond donors (Lipinski definition) is 0. The number of benzene rings is 1. The Bertz CT molecular complexity index is 483. The van der Waals surface area contributed by atoms with Crippen LogP contribution >= 0.6 is 15.1 Å². The molecule has 19 heavy (non-hydrogen) atoms. The van der Waals surface area contributed by atoms with Crippen molar-refractivity contribution < 1.29 is 4.57 Å². The molecule has 0 amide bonds. The van der Waals surface area contributed by atoms with Crippen LogP contribution in [0.4, 0.5) is 0 Å². The molecular formula is C16H22OP2. The van der Waals surface area contributed by atoms with Gasteiger partial charge in [0, 0.05) is 12.3 Å². The molecule has 0 saturated carbocycles. The van der Waals surface area contributed by atoms with Crippen LogP contribution in [0.25, 0.3) is 0 Å². The van der Waals surface area contributed by atoms with E-state index in [2.05, 4.69) is 42.5 Å². The average molecular weight is 292 g/mol. The molecule has 1 nitrogen and oxygen atoms in total. The zero-order valence-electron chi connectivity index (χ0n) is 11.5. The molecule has 1 unspecified atom stereocenters. The van der Waals surface area contributed by atoms with Crippen LogP contribution in [0.15, 0.2) is 54.4 Å². The first-order valence-corrected chi connectivity index (χ1v) is 10.8. The first kappa shape index (κ1) is 14.8. The van der Waals surface area contributed by atoms with Crippen LogP contribution < -0.4 is 5.30 Å². The molecule has 3 heteroatoms. The van der Waals surface area contributed by atoms with Crippen molar-refractivity contribution in [1.29, 1.82) is 0 Å². The molecule has 2 heterocycles. The summed E-state index contributed by atoms with van der Waals surface area (Å²) in [6.45, 7) is 2.00. The third-order valence-corrected chi connectivity index (χ3v) is 8.70. The van der Waals surface area contributed by atoms with Crippen LogP contribution in [-0.2, 0) is 4.57 Å². The second kappa shape index (κ2) is 7.22.